The van der Waals surface area contributed by atoms with Crippen LogP contribution in [0.5, 0.6) is 0 Å². The number of carbonyl (C=O) groups is 3. The predicted molar refractivity (Wildman–Crippen MR) is 352 cm³/mol. The van der Waals surface area contributed by atoms with E-state index in [1.807, 2.05) is 0 Å². The number of rotatable bonds is 58. The Balaban J connectivity index is 4.42. The van der Waals surface area contributed by atoms with Gasteiger partial charge in [0.25, 0.3) is 0 Å². The SMILES string of the molecule is CC/C=C\C/C=C\C/C=C\C/C=C\C/C=C\C/C=C\C/C=C\CCCCCCCCCC(=O)OCC(COC(=O)CCCC/C=C\C/C=C\C/C=C\C/C=C\CC)OC(=O)CCCCCCCCCCC/C=C\C/C=C\CCCCC. The third kappa shape index (κ3) is 65.7. The maximum absolute atomic E-state index is 12.9. The van der Waals surface area contributed by atoms with Crippen LogP contribution < -0.4 is 0 Å². The van der Waals surface area contributed by atoms with Gasteiger partial charge in [0.05, 0.1) is 0 Å². The van der Waals surface area contributed by atoms with Gasteiger partial charge in [-0.25, -0.2) is 0 Å². The first-order chi connectivity index (χ1) is 40.0. The van der Waals surface area contributed by atoms with Crippen LogP contribution in [0.3, 0.4) is 0 Å². The quantitative estimate of drug-likeness (QED) is 0.0261. The van der Waals surface area contributed by atoms with Gasteiger partial charge >= 0.3 is 17.9 Å². The fraction of sp³-hybridized carbons (Fsp3) is 0.613. The summed E-state index contributed by atoms with van der Waals surface area (Å²) < 4.78 is 16.9. The maximum Gasteiger partial charge on any atom is 0.306 e. The van der Waals surface area contributed by atoms with Crippen LogP contribution in [0, 0.1) is 0 Å². The third-order valence-corrected chi connectivity index (χ3v) is 13.5. The lowest BCUT2D eigenvalue weighted by atomic mass is 10.1. The Morgan fingerprint density at radius 2 is 0.481 bits per heavy atom. The molecule has 0 aliphatic carbocycles. The molecule has 0 radical (unpaired) electrons. The van der Waals surface area contributed by atoms with Crippen LogP contribution in [-0.2, 0) is 28.6 Å². The first-order valence-electron chi connectivity index (χ1n) is 33.0. The average molecular weight is 1120 g/mol. The van der Waals surface area contributed by atoms with Crippen molar-refractivity contribution in [3.05, 3.63) is 158 Å². The van der Waals surface area contributed by atoms with Crippen LogP contribution in [0.4, 0.5) is 0 Å². The Bertz CT molecular complexity index is 1810. The van der Waals surface area contributed by atoms with Crippen LogP contribution in [0.2, 0.25) is 0 Å². The molecule has 0 fully saturated rings. The molecule has 0 aromatic rings. The minimum Gasteiger partial charge on any atom is -0.462 e. The highest BCUT2D eigenvalue weighted by Crippen LogP contribution is 2.15. The molecule has 0 aliphatic heterocycles. The van der Waals surface area contributed by atoms with Gasteiger partial charge in [-0.15, -0.1) is 0 Å². The van der Waals surface area contributed by atoms with Crippen molar-refractivity contribution < 1.29 is 28.6 Å². The average Bonchev–Trinajstić information content (AvgIpc) is 3.47. The van der Waals surface area contributed by atoms with Gasteiger partial charge in [-0.1, -0.05) is 269 Å². The molecule has 6 heteroatoms. The number of hydrogen-bond acceptors (Lipinski definition) is 6. The van der Waals surface area contributed by atoms with Crippen LogP contribution in [0.25, 0.3) is 0 Å². The normalized spacial score (nSPS) is 13.2. The molecule has 1 atom stereocenters. The summed E-state index contributed by atoms with van der Waals surface area (Å²) >= 11 is 0. The van der Waals surface area contributed by atoms with Crippen molar-refractivity contribution in [3.63, 3.8) is 0 Å². The Kier molecular flexibility index (Phi) is 63.4. The zero-order valence-corrected chi connectivity index (χ0v) is 52.2. The summed E-state index contributed by atoms with van der Waals surface area (Å²) in [5, 5.41) is 0. The van der Waals surface area contributed by atoms with Gasteiger partial charge in [0.1, 0.15) is 13.2 Å². The summed E-state index contributed by atoms with van der Waals surface area (Å²) in [4.78, 5) is 38.4. The minimum absolute atomic E-state index is 0.105. The fourth-order valence-electron chi connectivity index (χ4n) is 8.62. The highest BCUT2D eigenvalue weighted by Gasteiger charge is 2.19. The first-order valence-corrected chi connectivity index (χ1v) is 33.0. The second kappa shape index (κ2) is 67.5. The molecule has 81 heavy (non-hydrogen) atoms. The van der Waals surface area contributed by atoms with Gasteiger partial charge in [0.15, 0.2) is 6.10 Å². The van der Waals surface area contributed by atoms with Gasteiger partial charge < -0.3 is 14.2 Å². The molecule has 0 saturated heterocycles. The van der Waals surface area contributed by atoms with Crippen LogP contribution in [0.1, 0.15) is 278 Å². The molecule has 0 spiro atoms. The van der Waals surface area contributed by atoms with E-state index in [4.69, 9.17) is 14.2 Å². The molecule has 0 aromatic heterocycles. The highest BCUT2D eigenvalue weighted by atomic mass is 16.6. The standard InChI is InChI=1S/C75H120O6/c1-4-7-10-13-16-19-22-25-28-30-32-33-34-35-36-37-38-39-40-41-43-44-47-50-53-56-59-62-65-68-74(77)80-71-72(70-79-73(76)67-64-61-58-55-52-49-46-27-24-21-18-15-12-9-6-3)81-75(78)69-66-63-60-57-54-51-48-45-42-31-29-26-23-20-17-14-11-8-5-2/h7,9-10,12,16-21,25-29,32-33,35-36,38-39,41,43,46,52,55,72H,4-6,8,11,13-15,22-24,30-31,34,37,40,42,44-45,47-51,53-54,56-71H2,1-3H3/b10-7-,12-9-,19-16-,20-17-,21-18-,28-25-,29-26-,33-32-,36-35-,39-38-,43-41-,46-27-,55-52-. The van der Waals surface area contributed by atoms with E-state index in [0.29, 0.717) is 25.7 Å². The fourth-order valence-corrected chi connectivity index (χ4v) is 8.62. The summed E-state index contributed by atoms with van der Waals surface area (Å²) in [6.45, 7) is 6.34. The lowest BCUT2D eigenvalue weighted by molar-refractivity contribution is -0.167. The second-order valence-electron chi connectivity index (χ2n) is 21.3. The number of allylic oxidation sites excluding steroid dienone is 26. The van der Waals surface area contributed by atoms with Crippen molar-refractivity contribution in [1.29, 1.82) is 0 Å². The Labute approximate surface area is 499 Å². The Morgan fingerprint density at radius 1 is 0.259 bits per heavy atom. The number of hydrogen-bond donors (Lipinski definition) is 0. The molecule has 456 valence electrons. The Morgan fingerprint density at radius 3 is 0.778 bits per heavy atom. The monoisotopic (exact) mass is 1120 g/mol. The summed E-state index contributed by atoms with van der Waals surface area (Å²) in [5.74, 6) is -0.963. The maximum atomic E-state index is 12.9. The third-order valence-electron chi connectivity index (χ3n) is 13.5. The van der Waals surface area contributed by atoms with Crippen molar-refractivity contribution in [2.75, 3.05) is 13.2 Å². The lowest BCUT2D eigenvalue weighted by Gasteiger charge is -2.18. The van der Waals surface area contributed by atoms with Gasteiger partial charge in [0, 0.05) is 19.3 Å². The van der Waals surface area contributed by atoms with E-state index in [9.17, 15) is 14.4 Å². The molecule has 0 N–H and O–H groups in total. The largest absolute Gasteiger partial charge is 0.462 e. The van der Waals surface area contributed by atoms with E-state index in [-0.39, 0.29) is 31.1 Å². The van der Waals surface area contributed by atoms with Crippen LogP contribution in [0.15, 0.2) is 158 Å². The van der Waals surface area contributed by atoms with E-state index in [2.05, 4.69) is 179 Å². The van der Waals surface area contributed by atoms with Crippen molar-refractivity contribution >= 4 is 17.9 Å². The van der Waals surface area contributed by atoms with Crippen molar-refractivity contribution in [1.82, 2.24) is 0 Å². The summed E-state index contributed by atoms with van der Waals surface area (Å²) in [7, 11) is 0. The Hall–Kier alpha value is -4.97. The zero-order valence-electron chi connectivity index (χ0n) is 52.2. The number of carbonyl (C=O) groups excluding carboxylic acids is 3. The molecule has 0 amide bonds. The zero-order chi connectivity index (χ0) is 58.5. The smallest absolute Gasteiger partial charge is 0.306 e. The van der Waals surface area contributed by atoms with Crippen molar-refractivity contribution in [3.8, 4) is 0 Å². The molecule has 0 rings (SSSR count). The van der Waals surface area contributed by atoms with E-state index in [0.717, 1.165) is 135 Å². The molecular formula is C75H120O6. The molecule has 0 saturated carbocycles. The number of esters is 3. The first kappa shape index (κ1) is 76.0. The lowest BCUT2D eigenvalue weighted by Crippen LogP contribution is -2.30. The second-order valence-corrected chi connectivity index (χ2v) is 21.3. The van der Waals surface area contributed by atoms with Crippen molar-refractivity contribution in [2.45, 2.75) is 284 Å². The molecule has 0 aliphatic rings. The van der Waals surface area contributed by atoms with E-state index >= 15 is 0 Å². The van der Waals surface area contributed by atoms with Crippen LogP contribution >= 0.6 is 0 Å². The summed E-state index contributed by atoms with van der Waals surface area (Å²) in [6.07, 6.45) is 98.2. The minimum atomic E-state index is -0.811. The molecule has 0 aromatic carbocycles. The molecule has 6 nitrogen and oxygen atoms in total. The number of ether oxygens (including phenoxy) is 3. The van der Waals surface area contributed by atoms with Gasteiger partial charge in [-0.2, -0.15) is 0 Å². The van der Waals surface area contributed by atoms with Crippen LogP contribution in [-0.4, -0.2) is 37.2 Å². The van der Waals surface area contributed by atoms with E-state index in [1.165, 1.54) is 96.3 Å². The van der Waals surface area contributed by atoms with Gasteiger partial charge in [0.2, 0.25) is 0 Å². The van der Waals surface area contributed by atoms with E-state index in [1.54, 1.807) is 0 Å². The summed E-state index contributed by atoms with van der Waals surface area (Å²) in [6, 6.07) is 0. The molecule has 0 heterocycles. The number of unbranched alkanes of at least 4 members (excludes halogenated alkanes) is 21. The van der Waals surface area contributed by atoms with Gasteiger partial charge in [-0.3, -0.25) is 14.4 Å². The molecular weight excluding hydrogens is 997 g/mol. The van der Waals surface area contributed by atoms with Crippen molar-refractivity contribution in [2.24, 2.45) is 0 Å². The molecule has 1 unspecified atom stereocenters. The highest BCUT2D eigenvalue weighted by molar-refractivity contribution is 5.71. The van der Waals surface area contributed by atoms with E-state index < -0.39 is 6.10 Å². The molecule has 0 bridgehead atoms. The topological polar surface area (TPSA) is 78.9 Å². The van der Waals surface area contributed by atoms with Gasteiger partial charge in [-0.05, 0) is 148 Å². The summed E-state index contributed by atoms with van der Waals surface area (Å²) in [5.41, 5.74) is 0. The predicted octanol–water partition coefficient (Wildman–Crippen LogP) is 22.9.